The maximum atomic E-state index is 12.1. The summed E-state index contributed by atoms with van der Waals surface area (Å²) in [4.78, 5) is 23.2. The maximum absolute atomic E-state index is 12.1. The topological polar surface area (TPSA) is 83.8 Å². The van der Waals surface area contributed by atoms with E-state index in [0.717, 1.165) is 38.5 Å². The van der Waals surface area contributed by atoms with Crippen LogP contribution < -0.4 is 0 Å². The van der Waals surface area contributed by atoms with Crippen LogP contribution in [0.4, 0.5) is 0 Å². The van der Waals surface area contributed by atoms with Gasteiger partial charge in [0, 0.05) is 19.3 Å². The van der Waals surface area contributed by atoms with Crippen molar-refractivity contribution in [1.29, 1.82) is 0 Å². The van der Waals surface area contributed by atoms with E-state index in [0.29, 0.717) is 35.5 Å². The van der Waals surface area contributed by atoms with Gasteiger partial charge in [0.25, 0.3) is 0 Å². The number of carboxylic acids is 1. The third kappa shape index (κ3) is 3.94. The summed E-state index contributed by atoms with van der Waals surface area (Å²) >= 11 is 0. The van der Waals surface area contributed by atoms with Crippen LogP contribution in [-0.4, -0.2) is 34.4 Å². The standard InChI is InChI=1S/C26H42O5/c1-15(5-8-23(29)30)19-6-7-20-24-21(10-12-26(19,20)4)25(3)11-9-18(28)13-17(25)14-22(24)31-16(2)27/h15,17-22,24,28H,5-14H2,1-4H3,(H,29,30)/t15-,17+,18-,19-,20?,21?,22?,24?,25+,26-/m1/s1. The second kappa shape index (κ2) is 8.35. The number of carbonyl (C=O) groups excluding carboxylic acids is 1. The summed E-state index contributed by atoms with van der Waals surface area (Å²) in [5.41, 5.74) is 0.434. The molecule has 4 unspecified atom stereocenters. The van der Waals surface area contributed by atoms with Crippen molar-refractivity contribution in [3.05, 3.63) is 0 Å². The minimum absolute atomic E-state index is 0.0384. The number of hydrogen-bond donors (Lipinski definition) is 2. The Hall–Kier alpha value is -1.10. The lowest BCUT2D eigenvalue weighted by atomic mass is 9.43. The number of aliphatic hydroxyl groups is 1. The average molecular weight is 435 g/mol. The Morgan fingerprint density at radius 3 is 2.39 bits per heavy atom. The Labute approximate surface area is 187 Å². The summed E-state index contributed by atoms with van der Waals surface area (Å²) in [5, 5.41) is 19.5. The third-order valence-corrected chi connectivity index (χ3v) is 10.5. The molecule has 4 aliphatic carbocycles. The summed E-state index contributed by atoms with van der Waals surface area (Å²) in [7, 11) is 0. The molecule has 31 heavy (non-hydrogen) atoms. The lowest BCUT2D eigenvalue weighted by Gasteiger charge is -2.62. The third-order valence-electron chi connectivity index (χ3n) is 10.5. The maximum Gasteiger partial charge on any atom is 0.303 e. The van der Waals surface area contributed by atoms with Gasteiger partial charge in [-0.3, -0.25) is 9.59 Å². The van der Waals surface area contributed by atoms with Crippen LogP contribution in [0.25, 0.3) is 0 Å². The first kappa shape index (κ1) is 23.1. The fourth-order valence-electron chi connectivity index (χ4n) is 9.04. The molecule has 10 atom stereocenters. The van der Waals surface area contributed by atoms with Gasteiger partial charge in [-0.05, 0) is 98.2 Å². The van der Waals surface area contributed by atoms with Crippen LogP contribution in [0.2, 0.25) is 0 Å². The molecule has 0 aromatic heterocycles. The molecule has 176 valence electrons. The molecule has 5 nitrogen and oxygen atoms in total. The SMILES string of the molecule is CC(=O)OC1C[C@@H]2C[C@H](O)CC[C@]2(C)C2CC[C@@]3(C)C(CC[C@@H]3[C@H](C)CCC(=O)O)C12. The molecular weight excluding hydrogens is 392 g/mol. The Morgan fingerprint density at radius 2 is 1.71 bits per heavy atom. The van der Waals surface area contributed by atoms with Gasteiger partial charge in [0.05, 0.1) is 6.10 Å². The molecule has 2 N–H and O–H groups in total. The molecule has 0 aromatic carbocycles. The zero-order valence-electron chi connectivity index (χ0n) is 19.8. The summed E-state index contributed by atoms with van der Waals surface area (Å²) in [6.07, 6.45) is 9.14. The van der Waals surface area contributed by atoms with Crippen molar-refractivity contribution in [2.24, 2.45) is 46.3 Å². The second-order valence-electron chi connectivity index (χ2n) is 11.9. The van der Waals surface area contributed by atoms with Crippen molar-refractivity contribution in [3.63, 3.8) is 0 Å². The van der Waals surface area contributed by atoms with E-state index in [1.807, 2.05) is 0 Å². The van der Waals surface area contributed by atoms with Crippen molar-refractivity contribution in [3.8, 4) is 0 Å². The number of fused-ring (bicyclic) bond motifs is 5. The molecule has 4 rings (SSSR count). The Balaban J connectivity index is 1.62. The van der Waals surface area contributed by atoms with E-state index in [2.05, 4.69) is 20.8 Å². The smallest absolute Gasteiger partial charge is 0.303 e. The van der Waals surface area contributed by atoms with Gasteiger partial charge < -0.3 is 14.9 Å². The molecule has 0 aromatic rings. The number of ether oxygens (including phenoxy) is 1. The van der Waals surface area contributed by atoms with E-state index >= 15 is 0 Å². The molecule has 4 saturated carbocycles. The highest BCUT2D eigenvalue weighted by Crippen LogP contribution is 2.68. The normalized spacial score (nSPS) is 47.6. The molecule has 4 fully saturated rings. The molecule has 0 spiro atoms. The number of hydrogen-bond acceptors (Lipinski definition) is 4. The first-order valence-electron chi connectivity index (χ1n) is 12.6. The average Bonchev–Trinajstić information content (AvgIpc) is 3.04. The lowest BCUT2D eigenvalue weighted by Crippen LogP contribution is -2.59. The number of carbonyl (C=O) groups is 2. The van der Waals surface area contributed by atoms with Gasteiger partial charge in [-0.25, -0.2) is 0 Å². The van der Waals surface area contributed by atoms with Crippen molar-refractivity contribution in [2.45, 2.75) is 104 Å². The molecule has 0 bridgehead atoms. The molecule has 0 saturated heterocycles. The van der Waals surface area contributed by atoms with Crippen molar-refractivity contribution in [2.75, 3.05) is 0 Å². The quantitative estimate of drug-likeness (QED) is 0.592. The lowest BCUT2D eigenvalue weighted by molar-refractivity contribution is -0.194. The monoisotopic (exact) mass is 434 g/mol. The number of esters is 1. The van der Waals surface area contributed by atoms with E-state index in [9.17, 15) is 14.7 Å². The zero-order chi connectivity index (χ0) is 22.6. The molecule has 5 heteroatoms. The van der Waals surface area contributed by atoms with E-state index in [4.69, 9.17) is 9.84 Å². The van der Waals surface area contributed by atoms with Crippen LogP contribution in [0.1, 0.15) is 91.9 Å². The van der Waals surface area contributed by atoms with E-state index < -0.39 is 5.97 Å². The second-order valence-corrected chi connectivity index (χ2v) is 11.9. The van der Waals surface area contributed by atoms with E-state index in [-0.39, 0.29) is 35.4 Å². The van der Waals surface area contributed by atoms with Crippen LogP contribution in [0.3, 0.4) is 0 Å². The van der Waals surface area contributed by atoms with Crippen molar-refractivity contribution in [1.82, 2.24) is 0 Å². The number of aliphatic hydroxyl groups excluding tert-OH is 1. The van der Waals surface area contributed by atoms with Gasteiger partial charge in [-0.15, -0.1) is 0 Å². The van der Waals surface area contributed by atoms with Gasteiger partial charge in [0.15, 0.2) is 0 Å². The van der Waals surface area contributed by atoms with Crippen molar-refractivity contribution >= 4 is 11.9 Å². The first-order chi connectivity index (χ1) is 14.6. The highest BCUT2D eigenvalue weighted by atomic mass is 16.5. The fourth-order valence-corrected chi connectivity index (χ4v) is 9.04. The molecule has 4 aliphatic rings. The molecular formula is C26H42O5. The van der Waals surface area contributed by atoms with Crippen molar-refractivity contribution < 1.29 is 24.5 Å². The minimum Gasteiger partial charge on any atom is -0.481 e. The molecule has 0 radical (unpaired) electrons. The highest BCUT2D eigenvalue weighted by molar-refractivity contribution is 5.66. The summed E-state index contributed by atoms with van der Waals surface area (Å²) in [5.74, 6) is 2.00. The summed E-state index contributed by atoms with van der Waals surface area (Å²) in [6, 6.07) is 0. The van der Waals surface area contributed by atoms with Gasteiger partial charge in [0.2, 0.25) is 0 Å². The predicted molar refractivity (Wildman–Crippen MR) is 118 cm³/mol. The predicted octanol–water partition coefficient (Wildman–Crippen LogP) is 5.05. The number of rotatable bonds is 5. The van der Waals surface area contributed by atoms with Crippen LogP contribution in [-0.2, 0) is 14.3 Å². The van der Waals surface area contributed by atoms with Gasteiger partial charge in [0.1, 0.15) is 6.10 Å². The fraction of sp³-hybridized carbons (Fsp3) is 0.923. The Morgan fingerprint density at radius 1 is 1.03 bits per heavy atom. The molecule has 0 aliphatic heterocycles. The zero-order valence-corrected chi connectivity index (χ0v) is 19.8. The summed E-state index contributed by atoms with van der Waals surface area (Å²) < 4.78 is 6.02. The number of aliphatic carboxylic acids is 1. The number of carboxylic acid groups (broad SMARTS) is 1. The van der Waals surface area contributed by atoms with Gasteiger partial charge >= 0.3 is 11.9 Å². The Bertz CT molecular complexity index is 706. The minimum atomic E-state index is -0.698. The van der Waals surface area contributed by atoms with Gasteiger partial charge in [-0.2, -0.15) is 0 Å². The van der Waals surface area contributed by atoms with Gasteiger partial charge in [-0.1, -0.05) is 20.8 Å². The summed E-state index contributed by atoms with van der Waals surface area (Å²) in [6.45, 7) is 8.69. The molecule has 0 heterocycles. The van der Waals surface area contributed by atoms with Crippen LogP contribution in [0.15, 0.2) is 0 Å². The largest absolute Gasteiger partial charge is 0.481 e. The highest BCUT2D eigenvalue weighted by Gasteiger charge is 2.63. The van der Waals surface area contributed by atoms with Crippen LogP contribution >= 0.6 is 0 Å². The van der Waals surface area contributed by atoms with E-state index in [1.54, 1.807) is 0 Å². The van der Waals surface area contributed by atoms with E-state index in [1.165, 1.54) is 26.2 Å². The van der Waals surface area contributed by atoms with Crippen LogP contribution in [0.5, 0.6) is 0 Å². The van der Waals surface area contributed by atoms with Crippen LogP contribution in [0, 0.1) is 46.3 Å². The molecule has 0 amide bonds. The first-order valence-corrected chi connectivity index (χ1v) is 12.6. The Kier molecular flexibility index (Phi) is 6.22.